The molecule has 48 heavy (non-hydrogen) atoms. The number of hydrogen-bond donors (Lipinski definition) is 0. The minimum absolute atomic E-state index is 0.151. The maximum absolute atomic E-state index is 13.1. The molecular formula is C36H42N8O4. The number of aromatic nitrogens is 6. The van der Waals surface area contributed by atoms with Gasteiger partial charge in [-0.15, -0.1) is 0 Å². The highest BCUT2D eigenvalue weighted by molar-refractivity contribution is 5.54. The van der Waals surface area contributed by atoms with Gasteiger partial charge in [-0.3, -0.25) is 4.68 Å². The Morgan fingerprint density at radius 1 is 0.854 bits per heavy atom. The summed E-state index contributed by atoms with van der Waals surface area (Å²) in [6.07, 6.45) is 5.81. The smallest absolute Gasteiger partial charge is 0.350 e. The fourth-order valence-electron chi connectivity index (χ4n) is 6.32. The zero-order chi connectivity index (χ0) is 32.7. The Morgan fingerprint density at radius 3 is 2.23 bits per heavy atom. The summed E-state index contributed by atoms with van der Waals surface area (Å²) in [5.41, 5.74) is 4.06. The number of rotatable bonds is 13. The highest BCUT2D eigenvalue weighted by atomic mass is 16.5. The van der Waals surface area contributed by atoms with Crippen LogP contribution in [0.25, 0.3) is 5.69 Å². The molecular weight excluding hydrogens is 608 g/mol. The lowest BCUT2D eigenvalue weighted by Gasteiger charge is -2.37. The van der Waals surface area contributed by atoms with E-state index in [1.165, 1.54) is 10.4 Å². The number of hydrogen-bond acceptors (Lipinski definition) is 9. The molecule has 0 radical (unpaired) electrons. The predicted octanol–water partition coefficient (Wildman–Crippen LogP) is 4.04. The zero-order valence-electron chi connectivity index (χ0n) is 27.3. The molecule has 2 saturated heterocycles. The maximum atomic E-state index is 13.1. The molecule has 5 aromatic rings. The topological polar surface area (TPSA) is 105 Å². The first kappa shape index (κ1) is 31.6. The van der Waals surface area contributed by atoms with E-state index in [1.807, 2.05) is 54.1 Å². The van der Waals surface area contributed by atoms with Gasteiger partial charge >= 0.3 is 5.69 Å². The van der Waals surface area contributed by atoms with Crippen molar-refractivity contribution in [2.45, 2.75) is 45.2 Å². The summed E-state index contributed by atoms with van der Waals surface area (Å²) in [6, 6.07) is 26.6. The van der Waals surface area contributed by atoms with Gasteiger partial charge in [0.2, 0.25) is 0 Å². The molecule has 0 aliphatic carbocycles. The molecule has 2 aliphatic rings. The third-order valence-corrected chi connectivity index (χ3v) is 9.02. The van der Waals surface area contributed by atoms with Crippen LogP contribution in [0.1, 0.15) is 18.9 Å². The molecule has 3 atom stereocenters. The lowest BCUT2D eigenvalue weighted by molar-refractivity contribution is 0.0388. The van der Waals surface area contributed by atoms with E-state index in [1.54, 1.807) is 23.5 Å². The zero-order valence-corrected chi connectivity index (χ0v) is 27.3. The first-order chi connectivity index (χ1) is 23.6. The number of nitrogens with zero attached hydrogens (tertiary/aromatic N) is 8. The molecule has 2 fully saturated rings. The van der Waals surface area contributed by atoms with Crippen molar-refractivity contribution >= 4 is 11.4 Å². The Balaban J connectivity index is 0.857. The Kier molecular flexibility index (Phi) is 9.80. The quantitative estimate of drug-likeness (QED) is 0.187. The SMILES string of the molecule is C[C@@H](Cn1ncn(-c2ccc(N3CCN(c4ccc(OC[C@@H]5CO[C@H](Cn6cncn6)C5)cc4)CC3)cc2)c1=O)OCc1ccccc1. The predicted molar refractivity (Wildman–Crippen MR) is 183 cm³/mol. The van der Waals surface area contributed by atoms with Crippen LogP contribution in [-0.2, 0) is 29.2 Å². The summed E-state index contributed by atoms with van der Waals surface area (Å²) in [5, 5.41) is 8.51. The Labute approximate surface area is 280 Å². The van der Waals surface area contributed by atoms with E-state index in [4.69, 9.17) is 14.2 Å². The van der Waals surface area contributed by atoms with Crippen molar-refractivity contribution in [2.24, 2.45) is 5.92 Å². The molecule has 2 aliphatic heterocycles. The van der Waals surface area contributed by atoms with Gasteiger partial charge in [-0.25, -0.2) is 19.0 Å². The van der Waals surface area contributed by atoms with Crippen molar-refractivity contribution in [3.8, 4) is 11.4 Å². The van der Waals surface area contributed by atoms with Gasteiger partial charge in [0.1, 0.15) is 24.7 Å². The molecule has 7 rings (SSSR count). The number of anilines is 2. The standard InChI is InChI=1S/C36H42N8O4/c1-28(46-22-29-5-3-2-4-6-29)20-44-36(45)43(27-39-44)33-9-7-31(8-10-33)40-15-17-41(18-16-40)32-11-13-34(14-12-32)47-23-30-19-35(48-24-30)21-42-26-37-25-38-42/h2-14,25-28,30,35H,15-24H2,1H3/t28-,30+,35-/m0/s1. The fraction of sp³-hybridized carbons (Fsp3) is 0.389. The summed E-state index contributed by atoms with van der Waals surface area (Å²) < 4.78 is 22.8. The lowest BCUT2D eigenvalue weighted by Crippen LogP contribution is -2.46. The largest absolute Gasteiger partial charge is 0.493 e. The number of benzene rings is 3. The highest BCUT2D eigenvalue weighted by Gasteiger charge is 2.26. The third-order valence-electron chi connectivity index (χ3n) is 9.02. The number of piperazine rings is 1. The van der Waals surface area contributed by atoms with E-state index in [0.29, 0.717) is 32.3 Å². The molecule has 12 heteroatoms. The summed E-state index contributed by atoms with van der Waals surface area (Å²) in [6.45, 7) is 8.59. The van der Waals surface area contributed by atoms with Crippen LogP contribution in [0.4, 0.5) is 11.4 Å². The molecule has 0 N–H and O–H groups in total. The molecule has 3 aromatic carbocycles. The van der Waals surface area contributed by atoms with Crippen molar-refractivity contribution in [1.29, 1.82) is 0 Å². The van der Waals surface area contributed by atoms with E-state index >= 15 is 0 Å². The molecule has 0 unspecified atom stereocenters. The highest BCUT2D eigenvalue weighted by Crippen LogP contribution is 2.26. The first-order valence-electron chi connectivity index (χ1n) is 16.6. The fourth-order valence-corrected chi connectivity index (χ4v) is 6.32. The third kappa shape index (κ3) is 7.77. The molecule has 0 saturated carbocycles. The Hall–Kier alpha value is -4.94. The van der Waals surface area contributed by atoms with E-state index in [9.17, 15) is 4.79 Å². The van der Waals surface area contributed by atoms with Gasteiger partial charge in [0, 0.05) is 43.5 Å². The van der Waals surface area contributed by atoms with Crippen molar-refractivity contribution in [2.75, 3.05) is 49.2 Å². The lowest BCUT2D eigenvalue weighted by atomic mass is 10.1. The number of ether oxygens (including phenoxy) is 3. The van der Waals surface area contributed by atoms with E-state index in [0.717, 1.165) is 61.8 Å². The van der Waals surface area contributed by atoms with Crippen molar-refractivity contribution in [3.63, 3.8) is 0 Å². The van der Waals surface area contributed by atoms with Gasteiger partial charge in [-0.1, -0.05) is 30.3 Å². The van der Waals surface area contributed by atoms with Crippen LogP contribution in [0.5, 0.6) is 5.75 Å². The average molecular weight is 651 g/mol. The van der Waals surface area contributed by atoms with Gasteiger partial charge in [0.05, 0.1) is 50.8 Å². The Morgan fingerprint density at radius 2 is 1.54 bits per heavy atom. The van der Waals surface area contributed by atoms with E-state index in [2.05, 4.69) is 61.4 Å². The molecule has 12 nitrogen and oxygen atoms in total. The summed E-state index contributed by atoms with van der Waals surface area (Å²) >= 11 is 0. The van der Waals surface area contributed by atoms with Crippen LogP contribution < -0.4 is 20.2 Å². The van der Waals surface area contributed by atoms with Crippen LogP contribution in [0, 0.1) is 5.92 Å². The van der Waals surface area contributed by atoms with E-state index < -0.39 is 0 Å². The minimum Gasteiger partial charge on any atom is -0.493 e. The second-order valence-corrected chi connectivity index (χ2v) is 12.5. The van der Waals surface area contributed by atoms with Crippen molar-refractivity contribution < 1.29 is 14.2 Å². The first-order valence-corrected chi connectivity index (χ1v) is 16.6. The van der Waals surface area contributed by atoms with Gasteiger partial charge in [0.15, 0.2) is 0 Å². The molecule has 0 amide bonds. The van der Waals surface area contributed by atoms with Crippen LogP contribution in [0.2, 0.25) is 0 Å². The molecule has 0 spiro atoms. The van der Waals surface area contributed by atoms with Crippen LogP contribution in [0.3, 0.4) is 0 Å². The normalized spacial score (nSPS) is 18.7. The van der Waals surface area contributed by atoms with Gasteiger partial charge < -0.3 is 24.0 Å². The van der Waals surface area contributed by atoms with Gasteiger partial charge in [-0.2, -0.15) is 10.2 Å². The van der Waals surface area contributed by atoms with Gasteiger partial charge in [0.25, 0.3) is 0 Å². The molecule has 0 bridgehead atoms. The minimum atomic E-state index is -0.177. The second kappa shape index (κ2) is 14.9. The second-order valence-electron chi connectivity index (χ2n) is 12.5. The monoisotopic (exact) mass is 650 g/mol. The summed E-state index contributed by atoms with van der Waals surface area (Å²) in [7, 11) is 0. The van der Waals surface area contributed by atoms with Gasteiger partial charge in [-0.05, 0) is 67.4 Å². The summed E-state index contributed by atoms with van der Waals surface area (Å²) in [4.78, 5) is 21.9. The van der Waals surface area contributed by atoms with Crippen LogP contribution >= 0.6 is 0 Å². The maximum Gasteiger partial charge on any atom is 0.350 e. The van der Waals surface area contributed by atoms with Crippen molar-refractivity contribution in [1.82, 2.24) is 29.1 Å². The van der Waals surface area contributed by atoms with Crippen molar-refractivity contribution in [3.05, 3.63) is 114 Å². The average Bonchev–Trinajstić information content (AvgIpc) is 3.90. The Bertz CT molecular complexity index is 1770. The van der Waals surface area contributed by atoms with E-state index in [-0.39, 0.29) is 17.9 Å². The van der Waals surface area contributed by atoms with Crippen LogP contribution in [-0.4, -0.2) is 80.7 Å². The molecule has 2 aromatic heterocycles. The molecule has 4 heterocycles. The van der Waals surface area contributed by atoms with Crippen LogP contribution in [0.15, 0.2) is 103 Å². The molecule has 250 valence electrons. The summed E-state index contributed by atoms with van der Waals surface area (Å²) in [5.74, 6) is 1.26.